The smallest absolute Gasteiger partial charge is 0.244 e. The second-order valence-electron chi connectivity index (χ2n) is 3.59. The molecule has 0 N–H and O–H groups in total. The molecule has 0 aliphatic carbocycles. The predicted molar refractivity (Wildman–Crippen MR) is 67.7 cm³/mol. The second-order valence-corrected chi connectivity index (χ2v) is 4.49. The first-order valence-corrected chi connectivity index (χ1v) is 6.08. The summed E-state index contributed by atoms with van der Waals surface area (Å²) in [7, 11) is 0. The maximum atomic E-state index is 12.7. The van der Waals surface area contributed by atoms with Crippen LogP contribution in [-0.2, 0) is 6.18 Å². The van der Waals surface area contributed by atoms with Crippen LogP contribution >= 0.6 is 11.3 Å². The summed E-state index contributed by atoms with van der Waals surface area (Å²) in [6, 6.07) is 8.68. The first kappa shape index (κ1) is 13.3. The van der Waals surface area contributed by atoms with Gasteiger partial charge in [-0.05, 0) is 17.5 Å². The summed E-state index contributed by atoms with van der Waals surface area (Å²) in [5.41, 5.74) is -0.410. The van der Waals surface area contributed by atoms with E-state index >= 15 is 0 Å². The summed E-state index contributed by atoms with van der Waals surface area (Å²) < 4.78 is 38.2. The SMILES string of the molecule is N#Cc1ccsc1N=Cc1ccccc1C(F)(F)F. The van der Waals surface area contributed by atoms with Crippen LogP contribution < -0.4 is 0 Å². The van der Waals surface area contributed by atoms with Crippen molar-refractivity contribution in [1.82, 2.24) is 0 Å². The molecule has 0 fully saturated rings. The van der Waals surface area contributed by atoms with E-state index in [0.717, 1.165) is 12.3 Å². The predicted octanol–water partition coefficient (Wildman–Crippen LogP) is 4.39. The molecule has 6 heteroatoms. The minimum Gasteiger partial charge on any atom is -0.244 e. The van der Waals surface area contributed by atoms with Crippen LogP contribution in [0.15, 0.2) is 40.7 Å². The van der Waals surface area contributed by atoms with Crippen LogP contribution in [0.1, 0.15) is 16.7 Å². The Kier molecular flexibility index (Phi) is 3.67. The molecule has 1 heterocycles. The highest BCUT2D eigenvalue weighted by molar-refractivity contribution is 7.14. The molecule has 1 aromatic heterocycles. The molecular weight excluding hydrogens is 273 g/mol. The molecule has 2 aromatic rings. The molecule has 0 saturated carbocycles. The molecule has 2 rings (SSSR count). The third kappa shape index (κ3) is 3.01. The van der Waals surface area contributed by atoms with Gasteiger partial charge in [-0.2, -0.15) is 18.4 Å². The van der Waals surface area contributed by atoms with E-state index in [1.807, 2.05) is 6.07 Å². The van der Waals surface area contributed by atoms with E-state index in [1.54, 1.807) is 11.4 Å². The van der Waals surface area contributed by atoms with E-state index in [4.69, 9.17) is 5.26 Å². The third-order valence-corrected chi connectivity index (χ3v) is 3.17. The summed E-state index contributed by atoms with van der Waals surface area (Å²) in [4.78, 5) is 3.95. The van der Waals surface area contributed by atoms with Gasteiger partial charge in [0.25, 0.3) is 0 Å². The van der Waals surface area contributed by atoms with Crippen molar-refractivity contribution in [2.24, 2.45) is 4.99 Å². The number of halogens is 3. The van der Waals surface area contributed by atoms with Gasteiger partial charge in [0.15, 0.2) is 0 Å². The number of thiophene rings is 1. The number of hydrogen-bond acceptors (Lipinski definition) is 3. The molecule has 0 aliphatic rings. The molecular formula is C13H7F3N2S. The number of aliphatic imine (C=N–C) groups is 1. The summed E-state index contributed by atoms with van der Waals surface area (Å²) in [6.07, 6.45) is -3.29. The van der Waals surface area contributed by atoms with E-state index in [-0.39, 0.29) is 5.56 Å². The number of alkyl halides is 3. The van der Waals surface area contributed by atoms with E-state index in [2.05, 4.69) is 4.99 Å². The fourth-order valence-electron chi connectivity index (χ4n) is 1.48. The first-order valence-electron chi connectivity index (χ1n) is 5.20. The van der Waals surface area contributed by atoms with Crippen molar-refractivity contribution in [3.8, 4) is 6.07 Å². The van der Waals surface area contributed by atoms with Crippen LogP contribution in [0.2, 0.25) is 0 Å². The van der Waals surface area contributed by atoms with Gasteiger partial charge in [-0.25, -0.2) is 4.99 Å². The number of hydrogen-bond donors (Lipinski definition) is 0. The molecule has 0 atom stereocenters. The van der Waals surface area contributed by atoms with Crippen LogP contribution in [0.4, 0.5) is 18.2 Å². The van der Waals surface area contributed by atoms with Crippen molar-refractivity contribution >= 4 is 22.6 Å². The quantitative estimate of drug-likeness (QED) is 0.751. The first-order chi connectivity index (χ1) is 9.02. The number of nitrogens with zero attached hydrogens (tertiary/aromatic N) is 2. The average Bonchev–Trinajstić information content (AvgIpc) is 2.83. The molecule has 0 spiro atoms. The summed E-state index contributed by atoms with van der Waals surface area (Å²) in [6.45, 7) is 0. The summed E-state index contributed by atoms with van der Waals surface area (Å²) in [5, 5.41) is 10.9. The van der Waals surface area contributed by atoms with Gasteiger partial charge >= 0.3 is 6.18 Å². The molecule has 0 radical (unpaired) electrons. The Morgan fingerprint density at radius 3 is 2.63 bits per heavy atom. The van der Waals surface area contributed by atoms with Crippen LogP contribution in [0.3, 0.4) is 0 Å². The molecule has 0 saturated heterocycles. The Bertz CT molecular complexity index is 650. The zero-order chi connectivity index (χ0) is 13.9. The highest BCUT2D eigenvalue weighted by Gasteiger charge is 2.32. The Morgan fingerprint density at radius 2 is 1.95 bits per heavy atom. The molecule has 0 amide bonds. The Balaban J connectivity index is 2.38. The average molecular weight is 280 g/mol. The van der Waals surface area contributed by atoms with Crippen molar-refractivity contribution in [2.45, 2.75) is 6.18 Å². The molecule has 96 valence electrons. The Morgan fingerprint density at radius 1 is 1.21 bits per heavy atom. The van der Waals surface area contributed by atoms with Gasteiger partial charge < -0.3 is 0 Å². The maximum absolute atomic E-state index is 12.7. The molecule has 2 nitrogen and oxygen atoms in total. The summed E-state index contributed by atoms with van der Waals surface area (Å²) in [5.74, 6) is 0. The van der Waals surface area contributed by atoms with Gasteiger partial charge in [0.2, 0.25) is 0 Å². The van der Waals surface area contributed by atoms with Crippen LogP contribution in [0, 0.1) is 11.3 Å². The van der Waals surface area contributed by atoms with Crippen molar-refractivity contribution in [1.29, 1.82) is 5.26 Å². The highest BCUT2D eigenvalue weighted by Crippen LogP contribution is 2.32. The summed E-state index contributed by atoms with van der Waals surface area (Å²) >= 11 is 1.21. The standard InChI is InChI=1S/C13H7F3N2S/c14-13(15,16)11-4-2-1-3-10(11)8-18-12-9(7-17)5-6-19-12/h1-6,8H. The molecule has 0 bridgehead atoms. The van der Waals surface area contributed by atoms with E-state index < -0.39 is 11.7 Å². The highest BCUT2D eigenvalue weighted by atomic mass is 32.1. The lowest BCUT2D eigenvalue weighted by Crippen LogP contribution is -2.08. The zero-order valence-corrected chi connectivity index (χ0v) is 10.3. The van der Waals surface area contributed by atoms with Gasteiger partial charge in [0.05, 0.1) is 11.1 Å². The minimum absolute atomic E-state index is 0.0210. The van der Waals surface area contributed by atoms with Crippen LogP contribution in [-0.4, -0.2) is 6.21 Å². The fourth-order valence-corrected chi connectivity index (χ4v) is 2.17. The van der Waals surface area contributed by atoms with Crippen molar-refractivity contribution < 1.29 is 13.2 Å². The lowest BCUT2D eigenvalue weighted by atomic mass is 10.1. The lowest BCUT2D eigenvalue weighted by Gasteiger charge is -2.08. The lowest BCUT2D eigenvalue weighted by molar-refractivity contribution is -0.137. The maximum Gasteiger partial charge on any atom is 0.417 e. The Hall–Kier alpha value is -2.13. The fraction of sp³-hybridized carbons (Fsp3) is 0.0769. The van der Waals surface area contributed by atoms with Gasteiger partial charge in [-0.15, -0.1) is 11.3 Å². The monoisotopic (exact) mass is 280 g/mol. The second kappa shape index (κ2) is 5.24. The molecule has 0 aliphatic heterocycles. The van der Waals surface area contributed by atoms with Gasteiger partial charge in [0.1, 0.15) is 11.1 Å². The van der Waals surface area contributed by atoms with E-state index in [0.29, 0.717) is 10.6 Å². The van der Waals surface area contributed by atoms with Crippen molar-refractivity contribution in [3.05, 3.63) is 52.4 Å². The molecule has 1 aromatic carbocycles. The van der Waals surface area contributed by atoms with Crippen LogP contribution in [0.25, 0.3) is 0 Å². The van der Waals surface area contributed by atoms with Gasteiger partial charge in [-0.3, -0.25) is 0 Å². The third-order valence-electron chi connectivity index (χ3n) is 2.35. The molecule has 19 heavy (non-hydrogen) atoms. The number of rotatable bonds is 2. The largest absolute Gasteiger partial charge is 0.417 e. The number of benzene rings is 1. The Labute approximate surface area is 111 Å². The normalized spacial score (nSPS) is 11.7. The van der Waals surface area contributed by atoms with Gasteiger partial charge in [0, 0.05) is 11.8 Å². The zero-order valence-electron chi connectivity index (χ0n) is 9.48. The van der Waals surface area contributed by atoms with Gasteiger partial charge in [-0.1, -0.05) is 18.2 Å². The van der Waals surface area contributed by atoms with E-state index in [1.165, 1.54) is 29.5 Å². The topological polar surface area (TPSA) is 36.1 Å². The van der Waals surface area contributed by atoms with Crippen LogP contribution in [0.5, 0.6) is 0 Å². The van der Waals surface area contributed by atoms with Crippen molar-refractivity contribution in [3.63, 3.8) is 0 Å². The molecule has 0 unspecified atom stereocenters. The van der Waals surface area contributed by atoms with E-state index in [9.17, 15) is 13.2 Å². The van der Waals surface area contributed by atoms with Crippen molar-refractivity contribution in [2.75, 3.05) is 0 Å². The minimum atomic E-state index is -4.42. The number of nitriles is 1.